The molecule has 0 atom stereocenters. The molecular weight excluding hydrogens is 342 g/mol. The first kappa shape index (κ1) is 16.8. The van der Waals surface area contributed by atoms with E-state index in [-0.39, 0.29) is 0 Å². The quantitative estimate of drug-likeness (QED) is 0.458. The summed E-state index contributed by atoms with van der Waals surface area (Å²) in [6.45, 7) is 2.03. The number of carbonyl (C=O) groups excluding carboxylic acids is 1. The van der Waals surface area contributed by atoms with E-state index in [1.807, 2.05) is 49.4 Å². The average molecular weight is 359 g/mol. The molecule has 27 heavy (non-hydrogen) atoms. The molecule has 134 valence electrons. The minimum absolute atomic E-state index is 0.360. The monoisotopic (exact) mass is 359 g/mol. The summed E-state index contributed by atoms with van der Waals surface area (Å²) >= 11 is 0. The SMILES string of the molecule is COC(=O)c1ccccc1-c1nc2ccc(Oc3ccc(C)cc3)cc2o1. The van der Waals surface area contributed by atoms with E-state index in [2.05, 4.69) is 4.98 Å². The van der Waals surface area contributed by atoms with Gasteiger partial charge in [-0.3, -0.25) is 0 Å². The largest absolute Gasteiger partial charge is 0.465 e. The standard InChI is InChI=1S/C22H17NO4/c1-14-7-9-15(10-8-14)26-16-11-12-19-20(13-16)27-21(23-19)17-5-3-4-6-18(17)22(24)25-2/h3-13H,1-2H3. The van der Waals surface area contributed by atoms with E-state index in [1.54, 1.807) is 24.3 Å². The molecule has 0 saturated carbocycles. The zero-order chi connectivity index (χ0) is 18.8. The molecule has 5 heteroatoms. The molecule has 0 aliphatic rings. The number of hydrogen-bond donors (Lipinski definition) is 0. The van der Waals surface area contributed by atoms with Crippen molar-refractivity contribution in [3.8, 4) is 23.0 Å². The molecule has 0 fully saturated rings. The van der Waals surface area contributed by atoms with Crippen LogP contribution in [-0.2, 0) is 4.74 Å². The van der Waals surface area contributed by atoms with Gasteiger partial charge >= 0.3 is 5.97 Å². The van der Waals surface area contributed by atoms with E-state index in [0.717, 1.165) is 5.75 Å². The molecule has 1 heterocycles. The van der Waals surface area contributed by atoms with Crippen molar-refractivity contribution in [1.29, 1.82) is 0 Å². The van der Waals surface area contributed by atoms with Gasteiger partial charge in [0.15, 0.2) is 5.58 Å². The molecular formula is C22H17NO4. The number of esters is 1. The predicted octanol–water partition coefficient (Wildman–Crippen LogP) is 5.38. The van der Waals surface area contributed by atoms with Crippen LogP contribution in [0, 0.1) is 6.92 Å². The number of oxazole rings is 1. The highest BCUT2D eigenvalue weighted by Gasteiger charge is 2.17. The van der Waals surface area contributed by atoms with Crippen LogP contribution in [0.4, 0.5) is 0 Å². The molecule has 4 aromatic rings. The van der Waals surface area contributed by atoms with Crippen LogP contribution in [0.5, 0.6) is 11.5 Å². The lowest BCUT2D eigenvalue weighted by Crippen LogP contribution is -2.03. The Kier molecular flexibility index (Phi) is 4.34. The lowest BCUT2D eigenvalue weighted by atomic mass is 10.1. The first-order valence-electron chi connectivity index (χ1n) is 8.47. The average Bonchev–Trinajstić information content (AvgIpc) is 3.12. The fourth-order valence-electron chi connectivity index (χ4n) is 2.78. The second kappa shape index (κ2) is 6.96. The van der Waals surface area contributed by atoms with Crippen molar-refractivity contribution in [3.63, 3.8) is 0 Å². The van der Waals surface area contributed by atoms with Gasteiger partial charge in [0.25, 0.3) is 0 Å². The van der Waals surface area contributed by atoms with Gasteiger partial charge in [-0.25, -0.2) is 9.78 Å². The molecule has 0 unspecified atom stereocenters. The van der Waals surface area contributed by atoms with Gasteiger partial charge in [-0.05, 0) is 43.3 Å². The Bertz CT molecular complexity index is 1110. The first-order valence-corrected chi connectivity index (χ1v) is 8.47. The summed E-state index contributed by atoms with van der Waals surface area (Å²) in [4.78, 5) is 16.5. The summed E-state index contributed by atoms with van der Waals surface area (Å²) in [5, 5.41) is 0. The van der Waals surface area contributed by atoms with Crippen LogP contribution in [0.3, 0.4) is 0 Å². The van der Waals surface area contributed by atoms with Crippen molar-refractivity contribution in [3.05, 3.63) is 77.9 Å². The molecule has 0 amide bonds. The van der Waals surface area contributed by atoms with Gasteiger partial charge in [0, 0.05) is 6.07 Å². The number of ether oxygens (including phenoxy) is 2. The van der Waals surface area contributed by atoms with Crippen molar-refractivity contribution in [2.24, 2.45) is 0 Å². The van der Waals surface area contributed by atoms with Gasteiger partial charge < -0.3 is 13.9 Å². The normalized spacial score (nSPS) is 10.7. The van der Waals surface area contributed by atoms with Crippen LogP contribution in [0.2, 0.25) is 0 Å². The summed E-state index contributed by atoms with van der Waals surface area (Å²) in [5.41, 5.74) is 3.42. The van der Waals surface area contributed by atoms with Gasteiger partial charge in [0.1, 0.15) is 17.0 Å². The highest BCUT2D eigenvalue weighted by molar-refractivity contribution is 5.96. The summed E-state index contributed by atoms with van der Waals surface area (Å²) in [7, 11) is 1.35. The zero-order valence-corrected chi connectivity index (χ0v) is 14.9. The fraction of sp³-hybridized carbons (Fsp3) is 0.0909. The number of carbonyl (C=O) groups is 1. The van der Waals surface area contributed by atoms with Crippen molar-refractivity contribution in [2.45, 2.75) is 6.92 Å². The number of aromatic nitrogens is 1. The van der Waals surface area contributed by atoms with Crippen LogP contribution < -0.4 is 4.74 Å². The summed E-state index contributed by atoms with van der Waals surface area (Å²) in [6.07, 6.45) is 0. The van der Waals surface area contributed by atoms with Crippen LogP contribution >= 0.6 is 0 Å². The molecule has 0 aliphatic heterocycles. The molecule has 0 spiro atoms. The summed E-state index contributed by atoms with van der Waals surface area (Å²) < 4.78 is 16.6. The van der Waals surface area contributed by atoms with E-state index < -0.39 is 5.97 Å². The topological polar surface area (TPSA) is 61.6 Å². The van der Waals surface area contributed by atoms with Gasteiger partial charge in [0.2, 0.25) is 5.89 Å². The third kappa shape index (κ3) is 3.40. The van der Waals surface area contributed by atoms with Crippen LogP contribution in [-0.4, -0.2) is 18.1 Å². The highest BCUT2D eigenvalue weighted by Crippen LogP contribution is 2.31. The Morgan fingerprint density at radius 1 is 0.963 bits per heavy atom. The lowest BCUT2D eigenvalue weighted by molar-refractivity contribution is 0.0601. The molecule has 4 rings (SSSR count). The van der Waals surface area contributed by atoms with Crippen LogP contribution in [0.25, 0.3) is 22.6 Å². The molecule has 0 aliphatic carbocycles. The smallest absolute Gasteiger partial charge is 0.338 e. The molecule has 3 aromatic carbocycles. The minimum Gasteiger partial charge on any atom is -0.465 e. The van der Waals surface area contributed by atoms with Gasteiger partial charge in [-0.2, -0.15) is 0 Å². The molecule has 5 nitrogen and oxygen atoms in total. The van der Waals surface area contributed by atoms with Gasteiger partial charge in [-0.1, -0.05) is 29.8 Å². The van der Waals surface area contributed by atoms with E-state index in [0.29, 0.717) is 33.9 Å². The Balaban J connectivity index is 1.69. The summed E-state index contributed by atoms with van der Waals surface area (Å²) in [6, 6.07) is 20.3. The maximum atomic E-state index is 12.0. The van der Waals surface area contributed by atoms with Crippen LogP contribution in [0.1, 0.15) is 15.9 Å². The number of aryl methyl sites for hydroxylation is 1. The highest BCUT2D eigenvalue weighted by atomic mass is 16.5. The zero-order valence-electron chi connectivity index (χ0n) is 14.9. The molecule has 0 saturated heterocycles. The summed E-state index contributed by atoms with van der Waals surface area (Å²) in [5.74, 6) is 1.32. The Morgan fingerprint density at radius 3 is 2.48 bits per heavy atom. The number of rotatable bonds is 4. The molecule has 0 radical (unpaired) electrons. The van der Waals surface area contributed by atoms with Gasteiger partial charge in [0.05, 0.1) is 18.2 Å². The predicted molar refractivity (Wildman–Crippen MR) is 102 cm³/mol. The molecule has 0 N–H and O–H groups in total. The molecule has 0 bridgehead atoms. The van der Waals surface area contributed by atoms with E-state index in [1.165, 1.54) is 12.7 Å². The Hall–Kier alpha value is -3.60. The Labute approximate surface area is 156 Å². The van der Waals surface area contributed by atoms with Crippen molar-refractivity contribution >= 4 is 17.1 Å². The first-order chi connectivity index (χ1) is 13.1. The number of fused-ring (bicyclic) bond motifs is 1. The number of hydrogen-bond acceptors (Lipinski definition) is 5. The minimum atomic E-state index is -0.434. The lowest BCUT2D eigenvalue weighted by Gasteiger charge is -2.05. The van der Waals surface area contributed by atoms with Crippen LogP contribution in [0.15, 0.2) is 71.1 Å². The van der Waals surface area contributed by atoms with E-state index in [4.69, 9.17) is 13.9 Å². The van der Waals surface area contributed by atoms with E-state index >= 15 is 0 Å². The second-order valence-corrected chi connectivity index (χ2v) is 6.10. The van der Waals surface area contributed by atoms with Gasteiger partial charge in [-0.15, -0.1) is 0 Å². The third-order valence-electron chi connectivity index (χ3n) is 4.18. The van der Waals surface area contributed by atoms with Crippen molar-refractivity contribution in [1.82, 2.24) is 4.98 Å². The molecule has 1 aromatic heterocycles. The third-order valence-corrected chi connectivity index (χ3v) is 4.18. The fourth-order valence-corrected chi connectivity index (χ4v) is 2.78. The maximum Gasteiger partial charge on any atom is 0.338 e. The van der Waals surface area contributed by atoms with Crippen molar-refractivity contribution < 1.29 is 18.7 Å². The van der Waals surface area contributed by atoms with E-state index in [9.17, 15) is 4.79 Å². The Morgan fingerprint density at radius 2 is 1.70 bits per heavy atom. The number of methoxy groups -OCH3 is 1. The number of benzene rings is 3. The number of nitrogens with zero attached hydrogens (tertiary/aromatic N) is 1. The van der Waals surface area contributed by atoms with Crippen molar-refractivity contribution in [2.75, 3.05) is 7.11 Å². The maximum absolute atomic E-state index is 12.0. The second-order valence-electron chi connectivity index (χ2n) is 6.10.